The van der Waals surface area contributed by atoms with Gasteiger partial charge in [0.05, 0.1) is 0 Å². The van der Waals surface area contributed by atoms with E-state index in [1.807, 2.05) is 31.2 Å². The van der Waals surface area contributed by atoms with Crippen LogP contribution in [-0.2, 0) is 12.8 Å². The van der Waals surface area contributed by atoms with Gasteiger partial charge >= 0.3 is 0 Å². The molecule has 0 heterocycles. The van der Waals surface area contributed by atoms with Crippen LogP contribution in [0.5, 0.6) is 0 Å². The first-order valence-electron chi connectivity index (χ1n) is 7.01. The molecule has 4 heteroatoms. The Balaban J connectivity index is 2.16. The third-order valence-electron chi connectivity index (χ3n) is 3.38. The van der Waals surface area contributed by atoms with E-state index in [9.17, 15) is 8.78 Å². The smallest absolute Gasteiger partial charge is 0.129 e. The van der Waals surface area contributed by atoms with Gasteiger partial charge in [-0.25, -0.2) is 8.78 Å². The molecule has 0 aliphatic rings. The molecule has 2 rings (SSSR count). The lowest BCUT2D eigenvalue weighted by molar-refractivity contribution is 0.484. The van der Waals surface area contributed by atoms with Crippen LogP contribution in [0.15, 0.2) is 46.9 Å². The summed E-state index contributed by atoms with van der Waals surface area (Å²) in [7, 11) is 0. The maximum atomic E-state index is 13.8. The maximum Gasteiger partial charge on any atom is 0.129 e. The molecule has 112 valence electrons. The van der Waals surface area contributed by atoms with Gasteiger partial charge in [-0.15, -0.1) is 0 Å². The Morgan fingerprint density at radius 1 is 1.05 bits per heavy atom. The molecule has 2 aromatic carbocycles. The van der Waals surface area contributed by atoms with Crippen LogP contribution in [0.3, 0.4) is 0 Å². The summed E-state index contributed by atoms with van der Waals surface area (Å²) in [6, 6.07) is 12.0. The van der Waals surface area contributed by atoms with Crippen LogP contribution in [0.25, 0.3) is 0 Å². The molecule has 0 aliphatic carbocycles. The third-order valence-corrected chi connectivity index (χ3v) is 3.87. The molecule has 0 aromatic heterocycles. The number of rotatable bonds is 6. The first-order valence-corrected chi connectivity index (χ1v) is 7.80. The fourth-order valence-electron chi connectivity index (χ4n) is 2.43. The van der Waals surface area contributed by atoms with Gasteiger partial charge in [0.15, 0.2) is 0 Å². The SMILES string of the molecule is CCNC(Cc1cccc(Br)c1)Cc1c(F)cccc1F. The average Bonchev–Trinajstić information content (AvgIpc) is 2.43. The highest BCUT2D eigenvalue weighted by Crippen LogP contribution is 2.18. The molecular weight excluding hydrogens is 336 g/mol. The summed E-state index contributed by atoms with van der Waals surface area (Å²) in [6.07, 6.45) is 1.06. The van der Waals surface area contributed by atoms with Gasteiger partial charge in [0.25, 0.3) is 0 Å². The number of likely N-dealkylation sites (N-methyl/N-ethyl adjacent to an activating group) is 1. The molecule has 1 N–H and O–H groups in total. The maximum absolute atomic E-state index is 13.8. The summed E-state index contributed by atoms with van der Waals surface area (Å²) in [4.78, 5) is 0. The monoisotopic (exact) mass is 353 g/mol. The van der Waals surface area contributed by atoms with Crippen LogP contribution in [-0.4, -0.2) is 12.6 Å². The first kappa shape index (κ1) is 16.1. The van der Waals surface area contributed by atoms with Crippen molar-refractivity contribution >= 4 is 15.9 Å². The zero-order chi connectivity index (χ0) is 15.2. The van der Waals surface area contributed by atoms with Gasteiger partial charge in [-0.1, -0.05) is 41.1 Å². The number of hydrogen-bond acceptors (Lipinski definition) is 1. The highest BCUT2D eigenvalue weighted by atomic mass is 79.9. The van der Waals surface area contributed by atoms with Crippen LogP contribution in [0.2, 0.25) is 0 Å². The van der Waals surface area contributed by atoms with E-state index >= 15 is 0 Å². The molecule has 0 saturated heterocycles. The lowest BCUT2D eigenvalue weighted by atomic mass is 9.98. The van der Waals surface area contributed by atoms with E-state index in [0.29, 0.717) is 6.42 Å². The van der Waals surface area contributed by atoms with Crippen LogP contribution in [0.4, 0.5) is 8.78 Å². The molecular formula is C17H18BrF2N. The summed E-state index contributed by atoms with van der Waals surface area (Å²) in [6.45, 7) is 2.75. The van der Waals surface area contributed by atoms with Crippen molar-refractivity contribution in [2.75, 3.05) is 6.54 Å². The van der Waals surface area contributed by atoms with Crippen molar-refractivity contribution in [3.8, 4) is 0 Å². The average molecular weight is 354 g/mol. The molecule has 0 bridgehead atoms. The molecule has 1 unspecified atom stereocenters. The summed E-state index contributed by atoms with van der Waals surface area (Å²) in [5, 5.41) is 3.30. The second-order valence-electron chi connectivity index (χ2n) is 4.99. The molecule has 0 aliphatic heterocycles. The van der Waals surface area contributed by atoms with Crippen molar-refractivity contribution in [3.05, 3.63) is 69.7 Å². The quantitative estimate of drug-likeness (QED) is 0.806. The molecule has 21 heavy (non-hydrogen) atoms. The predicted octanol–water partition coefficient (Wildman–Crippen LogP) is 4.49. The van der Waals surface area contributed by atoms with Crippen LogP contribution in [0.1, 0.15) is 18.1 Å². The molecule has 0 fully saturated rings. The molecule has 1 nitrogen and oxygen atoms in total. The largest absolute Gasteiger partial charge is 0.314 e. The summed E-state index contributed by atoms with van der Waals surface area (Å²) in [5.74, 6) is -0.959. The minimum absolute atomic E-state index is 0.00398. The fourth-order valence-corrected chi connectivity index (χ4v) is 2.87. The van der Waals surface area contributed by atoms with Gasteiger partial charge in [0.1, 0.15) is 11.6 Å². The number of benzene rings is 2. The Hall–Kier alpha value is -1.26. The first-order chi connectivity index (χ1) is 10.1. The molecule has 0 amide bonds. The van der Waals surface area contributed by atoms with Gasteiger partial charge in [0, 0.05) is 16.1 Å². The van der Waals surface area contributed by atoms with Crippen molar-refractivity contribution < 1.29 is 8.78 Å². The van der Waals surface area contributed by atoms with Crippen molar-refractivity contribution in [2.24, 2.45) is 0 Å². The van der Waals surface area contributed by atoms with Gasteiger partial charge in [-0.2, -0.15) is 0 Å². The molecule has 0 spiro atoms. The van der Waals surface area contributed by atoms with Crippen molar-refractivity contribution in [3.63, 3.8) is 0 Å². The summed E-state index contributed by atoms with van der Waals surface area (Å²) >= 11 is 3.44. The standard InChI is InChI=1S/C17H18BrF2N/c1-2-21-14(10-12-5-3-6-13(18)9-12)11-15-16(19)7-4-8-17(15)20/h3-9,14,21H,2,10-11H2,1H3. The van der Waals surface area contributed by atoms with E-state index in [2.05, 4.69) is 21.2 Å². The second kappa shape index (κ2) is 7.66. The Morgan fingerprint density at radius 3 is 2.33 bits per heavy atom. The van der Waals surface area contributed by atoms with E-state index in [4.69, 9.17) is 0 Å². The lowest BCUT2D eigenvalue weighted by Crippen LogP contribution is -2.33. The zero-order valence-corrected chi connectivity index (χ0v) is 13.5. The van der Waals surface area contributed by atoms with Crippen molar-refractivity contribution in [1.29, 1.82) is 0 Å². The predicted molar refractivity (Wildman–Crippen MR) is 85.4 cm³/mol. The highest BCUT2D eigenvalue weighted by Gasteiger charge is 2.15. The Kier molecular flexibility index (Phi) is 5.88. The highest BCUT2D eigenvalue weighted by molar-refractivity contribution is 9.10. The lowest BCUT2D eigenvalue weighted by Gasteiger charge is -2.19. The van der Waals surface area contributed by atoms with Gasteiger partial charge < -0.3 is 5.32 Å². The Bertz CT molecular complexity index is 581. The number of nitrogens with one attached hydrogen (secondary N) is 1. The Labute approximate surface area is 132 Å². The zero-order valence-electron chi connectivity index (χ0n) is 11.9. The fraction of sp³-hybridized carbons (Fsp3) is 0.294. The topological polar surface area (TPSA) is 12.0 Å². The minimum atomic E-state index is -0.479. The van der Waals surface area contributed by atoms with Crippen molar-refractivity contribution in [1.82, 2.24) is 5.32 Å². The van der Waals surface area contributed by atoms with E-state index in [1.165, 1.54) is 18.2 Å². The van der Waals surface area contributed by atoms with E-state index in [-0.39, 0.29) is 11.6 Å². The van der Waals surface area contributed by atoms with Crippen molar-refractivity contribution in [2.45, 2.75) is 25.8 Å². The summed E-state index contributed by atoms with van der Waals surface area (Å²) in [5.41, 5.74) is 1.28. The molecule has 0 radical (unpaired) electrons. The molecule has 2 aromatic rings. The van der Waals surface area contributed by atoms with E-state index in [0.717, 1.165) is 23.0 Å². The minimum Gasteiger partial charge on any atom is -0.314 e. The van der Waals surface area contributed by atoms with Crippen LogP contribution in [0, 0.1) is 11.6 Å². The molecule has 0 saturated carbocycles. The van der Waals surface area contributed by atoms with Gasteiger partial charge in [-0.3, -0.25) is 0 Å². The van der Waals surface area contributed by atoms with Gasteiger partial charge in [-0.05, 0) is 49.2 Å². The summed E-state index contributed by atoms with van der Waals surface area (Å²) < 4.78 is 28.6. The van der Waals surface area contributed by atoms with E-state index < -0.39 is 11.6 Å². The number of halogens is 3. The van der Waals surface area contributed by atoms with Crippen LogP contribution >= 0.6 is 15.9 Å². The van der Waals surface area contributed by atoms with Crippen LogP contribution < -0.4 is 5.32 Å². The van der Waals surface area contributed by atoms with Gasteiger partial charge in [0.2, 0.25) is 0 Å². The molecule has 1 atom stereocenters. The number of hydrogen-bond donors (Lipinski definition) is 1. The van der Waals surface area contributed by atoms with E-state index in [1.54, 1.807) is 0 Å². The second-order valence-corrected chi connectivity index (χ2v) is 5.91. The Morgan fingerprint density at radius 2 is 1.71 bits per heavy atom. The third kappa shape index (κ3) is 4.61. The normalized spacial score (nSPS) is 12.4.